The van der Waals surface area contributed by atoms with Crippen LogP contribution in [-0.2, 0) is 22.7 Å². The summed E-state index contributed by atoms with van der Waals surface area (Å²) in [6.07, 6.45) is 2.17. The first-order valence-electron chi connectivity index (χ1n) is 8.16. The maximum absolute atomic E-state index is 12.2. The summed E-state index contributed by atoms with van der Waals surface area (Å²) in [6, 6.07) is 13.0. The highest BCUT2D eigenvalue weighted by Crippen LogP contribution is 2.25. The first-order valence-corrected chi connectivity index (χ1v) is 9.81. The average molecular weight is 343 g/mol. The summed E-state index contributed by atoms with van der Waals surface area (Å²) in [4.78, 5) is 12.7. The van der Waals surface area contributed by atoms with Crippen LogP contribution in [0.5, 0.6) is 0 Å². The Bertz CT molecular complexity index is 872. The Labute approximate surface area is 142 Å². The topological polar surface area (TPSA) is 63.2 Å². The van der Waals surface area contributed by atoms with Crippen LogP contribution >= 0.6 is 0 Å². The van der Waals surface area contributed by atoms with Gasteiger partial charge in [-0.15, -0.1) is 0 Å². The normalized spacial score (nSPS) is 15.5. The first-order chi connectivity index (χ1) is 11.5. The Morgan fingerprint density at radius 2 is 1.96 bits per heavy atom. The van der Waals surface area contributed by atoms with Crippen LogP contribution in [0.25, 0.3) is 0 Å². The number of aryl methyl sites for hydroxylation is 2. The molecular formula is C19H21NO3S. The third kappa shape index (κ3) is 3.51. The van der Waals surface area contributed by atoms with E-state index >= 15 is 0 Å². The molecule has 0 saturated heterocycles. The third-order valence-electron chi connectivity index (χ3n) is 4.41. The van der Waals surface area contributed by atoms with Gasteiger partial charge in [-0.25, -0.2) is 8.42 Å². The summed E-state index contributed by atoms with van der Waals surface area (Å²) in [7, 11) is -3.10. The van der Waals surface area contributed by atoms with E-state index in [1.54, 1.807) is 6.07 Å². The number of carbonyl (C=O) groups excluding carboxylic acids is 1. The van der Waals surface area contributed by atoms with Crippen LogP contribution in [0.15, 0.2) is 47.4 Å². The van der Waals surface area contributed by atoms with Crippen molar-refractivity contribution in [3.05, 3.63) is 64.7 Å². The Hall–Kier alpha value is -2.14. The number of nitrogens with one attached hydrogen (secondary N) is 1. The third-order valence-corrected chi connectivity index (χ3v) is 6.30. The standard InChI is InChI=1S/C19H21NO3S/c1-14-5-2-3-7-17(14)19(21)20-11-10-15-8-9-18-16(13-15)6-4-12-24(18,22)23/h2-3,5,7-9,13H,4,6,10-12H2,1H3,(H,20,21). The second kappa shape index (κ2) is 6.77. The predicted molar refractivity (Wildman–Crippen MR) is 94.0 cm³/mol. The molecule has 0 unspecified atom stereocenters. The average Bonchev–Trinajstić information content (AvgIpc) is 2.54. The lowest BCUT2D eigenvalue weighted by Gasteiger charge is -2.17. The molecule has 0 spiro atoms. The van der Waals surface area contributed by atoms with E-state index in [4.69, 9.17) is 0 Å². The van der Waals surface area contributed by atoms with E-state index in [-0.39, 0.29) is 11.7 Å². The molecule has 5 heteroatoms. The van der Waals surface area contributed by atoms with Gasteiger partial charge in [0.2, 0.25) is 0 Å². The molecular weight excluding hydrogens is 322 g/mol. The van der Waals surface area contributed by atoms with E-state index in [0.717, 1.165) is 23.1 Å². The zero-order valence-electron chi connectivity index (χ0n) is 13.7. The lowest BCUT2D eigenvalue weighted by Crippen LogP contribution is -2.26. The van der Waals surface area contributed by atoms with E-state index in [2.05, 4.69) is 5.32 Å². The van der Waals surface area contributed by atoms with Gasteiger partial charge in [-0.3, -0.25) is 4.79 Å². The summed E-state index contributed by atoms with van der Waals surface area (Å²) in [5.41, 5.74) is 3.60. The zero-order chi connectivity index (χ0) is 17.2. The highest BCUT2D eigenvalue weighted by Gasteiger charge is 2.23. The number of hydrogen-bond donors (Lipinski definition) is 1. The van der Waals surface area contributed by atoms with Crippen LogP contribution < -0.4 is 5.32 Å². The maximum Gasteiger partial charge on any atom is 0.251 e. The monoisotopic (exact) mass is 343 g/mol. The molecule has 0 fully saturated rings. The van der Waals surface area contributed by atoms with Gasteiger partial charge < -0.3 is 5.32 Å². The fourth-order valence-corrected chi connectivity index (χ4v) is 4.67. The van der Waals surface area contributed by atoms with Gasteiger partial charge in [0.25, 0.3) is 5.91 Å². The fraction of sp³-hybridized carbons (Fsp3) is 0.316. The van der Waals surface area contributed by atoms with Crippen LogP contribution in [0.4, 0.5) is 0 Å². The number of hydrogen-bond acceptors (Lipinski definition) is 3. The molecule has 24 heavy (non-hydrogen) atoms. The smallest absolute Gasteiger partial charge is 0.251 e. The number of amides is 1. The molecule has 2 aromatic rings. The molecule has 2 aromatic carbocycles. The molecule has 1 N–H and O–H groups in total. The number of sulfone groups is 1. The van der Waals surface area contributed by atoms with Gasteiger partial charge in [-0.1, -0.05) is 30.3 Å². The second-order valence-electron chi connectivity index (χ2n) is 6.19. The molecule has 1 heterocycles. The van der Waals surface area contributed by atoms with E-state index in [1.807, 2.05) is 43.3 Å². The lowest BCUT2D eigenvalue weighted by atomic mass is 10.0. The largest absolute Gasteiger partial charge is 0.352 e. The van der Waals surface area contributed by atoms with E-state index in [1.165, 1.54) is 0 Å². The highest BCUT2D eigenvalue weighted by molar-refractivity contribution is 7.91. The van der Waals surface area contributed by atoms with Crippen molar-refractivity contribution in [2.75, 3.05) is 12.3 Å². The molecule has 3 rings (SSSR count). The molecule has 1 aliphatic heterocycles. The quantitative estimate of drug-likeness (QED) is 0.928. The van der Waals surface area contributed by atoms with Crippen LogP contribution in [0.2, 0.25) is 0 Å². The highest BCUT2D eigenvalue weighted by atomic mass is 32.2. The molecule has 4 nitrogen and oxygen atoms in total. The molecule has 0 saturated carbocycles. The van der Waals surface area contributed by atoms with Crippen LogP contribution in [-0.4, -0.2) is 26.6 Å². The summed E-state index contributed by atoms with van der Waals surface area (Å²) in [5, 5.41) is 2.93. The van der Waals surface area contributed by atoms with Crippen molar-refractivity contribution in [3.8, 4) is 0 Å². The molecule has 0 bridgehead atoms. The Balaban J connectivity index is 1.64. The van der Waals surface area contributed by atoms with Crippen molar-refractivity contribution in [2.45, 2.75) is 31.1 Å². The second-order valence-corrected chi connectivity index (χ2v) is 8.26. The van der Waals surface area contributed by atoms with Crippen molar-refractivity contribution in [1.29, 1.82) is 0 Å². The van der Waals surface area contributed by atoms with Crippen LogP contribution in [0, 0.1) is 6.92 Å². The van der Waals surface area contributed by atoms with Crippen LogP contribution in [0.3, 0.4) is 0 Å². The molecule has 0 aromatic heterocycles. The van der Waals surface area contributed by atoms with Gasteiger partial charge in [-0.05, 0) is 55.0 Å². The Morgan fingerprint density at radius 3 is 2.75 bits per heavy atom. The van der Waals surface area contributed by atoms with Crippen molar-refractivity contribution in [2.24, 2.45) is 0 Å². The minimum Gasteiger partial charge on any atom is -0.352 e. The first kappa shape index (κ1) is 16.7. The summed E-state index contributed by atoms with van der Waals surface area (Å²) in [6.45, 7) is 2.44. The van der Waals surface area contributed by atoms with Gasteiger partial charge >= 0.3 is 0 Å². The molecule has 126 valence electrons. The number of rotatable bonds is 4. The van der Waals surface area contributed by atoms with Gasteiger partial charge in [0.1, 0.15) is 0 Å². The Kier molecular flexibility index (Phi) is 4.71. The van der Waals surface area contributed by atoms with Crippen molar-refractivity contribution < 1.29 is 13.2 Å². The SMILES string of the molecule is Cc1ccccc1C(=O)NCCc1ccc2c(c1)CCCS2(=O)=O. The van der Waals surface area contributed by atoms with Crippen molar-refractivity contribution in [3.63, 3.8) is 0 Å². The molecule has 1 amide bonds. The van der Waals surface area contributed by atoms with E-state index in [0.29, 0.717) is 29.8 Å². The number of carbonyl (C=O) groups is 1. The van der Waals surface area contributed by atoms with Crippen LogP contribution in [0.1, 0.15) is 33.5 Å². The predicted octanol–water partition coefficient (Wildman–Crippen LogP) is 2.69. The lowest BCUT2D eigenvalue weighted by molar-refractivity contribution is 0.0953. The number of benzene rings is 2. The minimum absolute atomic E-state index is 0.0753. The van der Waals surface area contributed by atoms with E-state index in [9.17, 15) is 13.2 Å². The van der Waals surface area contributed by atoms with Gasteiger partial charge in [-0.2, -0.15) is 0 Å². The molecule has 0 atom stereocenters. The van der Waals surface area contributed by atoms with E-state index < -0.39 is 9.84 Å². The molecule has 1 aliphatic rings. The number of fused-ring (bicyclic) bond motifs is 1. The summed E-state index contributed by atoms with van der Waals surface area (Å²) < 4.78 is 24.0. The van der Waals surface area contributed by atoms with Gasteiger partial charge in [0.05, 0.1) is 10.6 Å². The van der Waals surface area contributed by atoms with Gasteiger partial charge in [0.15, 0.2) is 9.84 Å². The van der Waals surface area contributed by atoms with Gasteiger partial charge in [0, 0.05) is 12.1 Å². The molecule has 0 radical (unpaired) electrons. The summed E-state index contributed by atoms with van der Waals surface area (Å²) >= 11 is 0. The maximum atomic E-state index is 12.2. The summed E-state index contributed by atoms with van der Waals surface area (Å²) in [5.74, 6) is 0.167. The zero-order valence-corrected chi connectivity index (χ0v) is 14.5. The molecule has 0 aliphatic carbocycles. The van der Waals surface area contributed by atoms with Crippen molar-refractivity contribution >= 4 is 15.7 Å². The fourth-order valence-electron chi connectivity index (χ4n) is 3.09. The van der Waals surface area contributed by atoms with Crippen molar-refractivity contribution in [1.82, 2.24) is 5.32 Å². The Morgan fingerprint density at radius 1 is 1.17 bits per heavy atom. The minimum atomic E-state index is -3.10.